The summed E-state index contributed by atoms with van der Waals surface area (Å²) in [5.74, 6) is -0.846. The normalized spacial score (nSPS) is 11.8. The lowest BCUT2D eigenvalue weighted by molar-refractivity contribution is -0.119. The maximum atomic E-state index is 12.9. The molecule has 7 heteroatoms. The van der Waals surface area contributed by atoms with Gasteiger partial charge in [-0.1, -0.05) is 29.8 Å². The monoisotopic (exact) mass is 352 g/mol. The van der Waals surface area contributed by atoms with Crippen molar-refractivity contribution in [1.29, 1.82) is 0 Å². The highest BCUT2D eigenvalue weighted by Crippen LogP contribution is 2.16. The Balaban J connectivity index is 1.79. The number of aromatic nitrogens is 3. The largest absolute Gasteiger partial charge is 0.365 e. The molecule has 0 saturated heterocycles. The number of carbonyl (C=O) groups excluding carboxylic acids is 1. The number of aryl methyl sites for hydroxylation is 1. The minimum absolute atomic E-state index is 0.398. The Labute approximate surface area is 149 Å². The second-order valence-electron chi connectivity index (χ2n) is 5.91. The molecule has 1 aromatic heterocycles. The van der Waals surface area contributed by atoms with Crippen LogP contribution in [0.25, 0.3) is 11.3 Å². The maximum absolute atomic E-state index is 12.9. The predicted molar refractivity (Wildman–Crippen MR) is 96.2 cm³/mol. The van der Waals surface area contributed by atoms with E-state index in [1.807, 2.05) is 31.2 Å². The molecule has 0 aliphatic carbocycles. The van der Waals surface area contributed by atoms with Gasteiger partial charge in [0.15, 0.2) is 0 Å². The van der Waals surface area contributed by atoms with E-state index in [2.05, 4.69) is 15.4 Å². The first-order chi connectivity index (χ1) is 12.4. The van der Waals surface area contributed by atoms with Gasteiger partial charge in [0.1, 0.15) is 11.9 Å². The van der Waals surface area contributed by atoms with Crippen LogP contribution in [0.1, 0.15) is 18.5 Å². The third kappa shape index (κ3) is 3.83. The second kappa shape index (κ2) is 7.26. The molecule has 0 radical (unpaired) electrons. The van der Waals surface area contributed by atoms with Crippen LogP contribution in [0.2, 0.25) is 0 Å². The number of nitrogens with zero attached hydrogens (tertiary/aromatic N) is 3. The fourth-order valence-corrected chi connectivity index (χ4v) is 2.37. The molecule has 0 spiro atoms. The number of carbonyl (C=O) groups is 1. The second-order valence-corrected chi connectivity index (χ2v) is 5.91. The molecule has 1 atom stereocenters. The Bertz CT molecular complexity index is 982. The first kappa shape index (κ1) is 17.5. The Morgan fingerprint density at radius 2 is 1.77 bits per heavy atom. The number of rotatable bonds is 4. The lowest BCUT2D eigenvalue weighted by Crippen LogP contribution is -2.34. The maximum Gasteiger partial charge on any atom is 0.365 e. The van der Waals surface area contributed by atoms with Crippen LogP contribution in [-0.2, 0) is 4.79 Å². The van der Waals surface area contributed by atoms with E-state index in [1.165, 1.54) is 30.5 Å². The van der Waals surface area contributed by atoms with E-state index in [-0.39, 0.29) is 0 Å². The van der Waals surface area contributed by atoms with Gasteiger partial charge in [0.05, 0.1) is 11.9 Å². The molecule has 0 aliphatic rings. The standard InChI is InChI=1S/C19H17FN4O2/c1-12-3-5-14(6-4-12)17-11-21-24(19(26)23-17)13(2)18(25)22-16-9-7-15(20)8-10-16/h3-11,13H,1-2H3,(H,22,25)/t13-/m1/s1. The molecule has 3 rings (SSSR count). The smallest absolute Gasteiger partial charge is 0.324 e. The summed E-state index contributed by atoms with van der Waals surface area (Å²) in [6, 6.07) is 12.0. The van der Waals surface area contributed by atoms with Crippen molar-refractivity contribution in [3.63, 3.8) is 0 Å². The number of anilines is 1. The molecule has 1 heterocycles. The van der Waals surface area contributed by atoms with Gasteiger partial charge in [-0.15, -0.1) is 0 Å². The van der Waals surface area contributed by atoms with E-state index in [0.29, 0.717) is 11.4 Å². The summed E-state index contributed by atoms with van der Waals surface area (Å²) < 4.78 is 13.9. The topological polar surface area (TPSA) is 76.9 Å². The highest BCUT2D eigenvalue weighted by molar-refractivity contribution is 5.93. The van der Waals surface area contributed by atoms with E-state index in [4.69, 9.17) is 0 Å². The number of nitrogens with one attached hydrogen (secondary N) is 1. The summed E-state index contributed by atoms with van der Waals surface area (Å²) in [7, 11) is 0. The Hall–Kier alpha value is -3.35. The highest BCUT2D eigenvalue weighted by atomic mass is 19.1. The summed E-state index contributed by atoms with van der Waals surface area (Å²) >= 11 is 0. The first-order valence-corrected chi connectivity index (χ1v) is 8.03. The van der Waals surface area contributed by atoms with Gasteiger partial charge in [-0.05, 0) is 38.1 Å². The molecule has 2 aromatic carbocycles. The zero-order valence-corrected chi connectivity index (χ0v) is 14.3. The Kier molecular flexibility index (Phi) is 4.88. The molecule has 26 heavy (non-hydrogen) atoms. The predicted octanol–water partition coefficient (Wildman–Crippen LogP) is 2.95. The van der Waals surface area contributed by atoms with Crippen molar-refractivity contribution >= 4 is 11.6 Å². The van der Waals surface area contributed by atoms with Crippen molar-refractivity contribution in [2.45, 2.75) is 19.9 Å². The van der Waals surface area contributed by atoms with Crippen LogP contribution in [0.3, 0.4) is 0 Å². The average molecular weight is 352 g/mol. The van der Waals surface area contributed by atoms with Gasteiger partial charge in [-0.2, -0.15) is 10.1 Å². The molecule has 6 nitrogen and oxygen atoms in total. The summed E-state index contributed by atoms with van der Waals surface area (Å²) in [6.07, 6.45) is 1.45. The fourth-order valence-electron chi connectivity index (χ4n) is 2.37. The molecule has 0 unspecified atom stereocenters. The van der Waals surface area contributed by atoms with E-state index in [0.717, 1.165) is 15.8 Å². The van der Waals surface area contributed by atoms with Crippen molar-refractivity contribution in [2.75, 3.05) is 5.32 Å². The number of hydrogen-bond donors (Lipinski definition) is 1. The van der Waals surface area contributed by atoms with E-state index < -0.39 is 23.5 Å². The molecule has 1 amide bonds. The van der Waals surface area contributed by atoms with Crippen LogP contribution >= 0.6 is 0 Å². The summed E-state index contributed by atoms with van der Waals surface area (Å²) in [4.78, 5) is 28.6. The summed E-state index contributed by atoms with van der Waals surface area (Å²) in [5, 5.41) is 6.69. The fraction of sp³-hybridized carbons (Fsp3) is 0.158. The Morgan fingerprint density at radius 3 is 2.38 bits per heavy atom. The van der Waals surface area contributed by atoms with Gasteiger partial charge >= 0.3 is 5.69 Å². The van der Waals surface area contributed by atoms with Crippen LogP contribution in [0.4, 0.5) is 10.1 Å². The van der Waals surface area contributed by atoms with Crippen LogP contribution in [0, 0.1) is 12.7 Å². The van der Waals surface area contributed by atoms with Gasteiger partial charge in [0.2, 0.25) is 5.91 Å². The third-order valence-electron chi connectivity index (χ3n) is 3.92. The zero-order valence-electron chi connectivity index (χ0n) is 14.3. The molecule has 3 aromatic rings. The van der Waals surface area contributed by atoms with Gasteiger partial charge in [-0.25, -0.2) is 13.9 Å². The minimum atomic E-state index is -0.868. The minimum Gasteiger partial charge on any atom is -0.324 e. The molecule has 0 bridgehead atoms. The number of benzene rings is 2. The third-order valence-corrected chi connectivity index (χ3v) is 3.92. The molecular formula is C19H17FN4O2. The zero-order chi connectivity index (χ0) is 18.7. The molecule has 0 saturated carbocycles. The molecule has 0 aliphatic heterocycles. The van der Waals surface area contributed by atoms with Gasteiger partial charge in [0, 0.05) is 11.3 Å². The summed E-state index contributed by atoms with van der Waals surface area (Å²) in [5.41, 5.74) is 2.12. The van der Waals surface area contributed by atoms with E-state index in [9.17, 15) is 14.0 Å². The first-order valence-electron chi connectivity index (χ1n) is 8.03. The van der Waals surface area contributed by atoms with Crippen molar-refractivity contribution in [2.24, 2.45) is 0 Å². The number of halogens is 1. The number of hydrogen-bond acceptors (Lipinski definition) is 4. The van der Waals surface area contributed by atoms with Crippen LogP contribution in [0.5, 0.6) is 0 Å². The SMILES string of the molecule is Cc1ccc(-c2cnn([C@H](C)C(=O)Nc3ccc(F)cc3)c(=O)n2)cc1. The lowest BCUT2D eigenvalue weighted by atomic mass is 10.1. The molecule has 132 valence electrons. The van der Waals surface area contributed by atoms with Gasteiger partial charge in [-0.3, -0.25) is 4.79 Å². The molecule has 0 fully saturated rings. The highest BCUT2D eigenvalue weighted by Gasteiger charge is 2.18. The van der Waals surface area contributed by atoms with Crippen LogP contribution < -0.4 is 11.0 Å². The van der Waals surface area contributed by atoms with Crippen LogP contribution in [-0.4, -0.2) is 20.7 Å². The van der Waals surface area contributed by atoms with E-state index in [1.54, 1.807) is 6.92 Å². The van der Waals surface area contributed by atoms with Crippen molar-refractivity contribution < 1.29 is 9.18 Å². The average Bonchev–Trinajstić information content (AvgIpc) is 2.63. The van der Waals surface area contributed by atoms with Crippen molar-refractivity contribution in [3.8, 4) is 11.3 Å². The van der Waals surface area contributed by atoms with Gasteiger partial charge in [0.25, 0.3) is 0 Å². The Morgan fingerprint density at radius 1 is 1.12 bits per heavy atom. The van der Waals surface area contributed by atoms with Crippen LogP contribution in [0.15, 0.2) is 59.5 Å². The molecular weight excluding hydrogens is 335 g/mol. The van der Waals surface area contributed by atoms with Crippen molar-refractivity contribution in [1.82, 2.24) is 14.8 Å². The van der Waals surface area contributed by atoms with Gasteiger partial charge < -0.3 is 5.32 Å². The van der Waals surface area contributed by atoms with Crippen molar-refractivity contribution in [3.05, 3.63) is 76.6 Å². The number of amides is 1. The van der Waals surface area contributed by atoms with E-state index >= 15 is 0 Å². The lowest BCUT2D eigenvalue weighted by Gasteiger charge is -2.13. The quantitative estimate of drug-likeness (QED) is 0.783. The summed E-state index contributed by atoms with van der Waals surface area (Å²) in [6.45, 7) is 3.51. The molecule has 1 N–H and O–H groups in total.